The van der Waals surface area contributed by atoms with Gasteiger partial charge in [-0.05, 0) is 102 Å². The Bertz CT molecular complexity index is 1170. The number of aliphatic carboxylic acids is 1. The molecule has 9 heteroatoms. The van der Waals surface area contributed by atoms with Crippen LogP contribution in [0.15, 0.2) is 12.1 Å². The number of nitrogens with zero attached hydrogens (tertiary/aromatic N) is 3. The van der Waals surface area contributed by atoms with E-state index in [0.717, 1.165) is 48.0 Å². The fourth-order valence-electron chi connectivity index (χ4n) is 7.83. The third kappa shape index (κ3) is 4.89. The van der Waals surface area contributed by atoms with Gasteiger partial charge < -0.3 is 15.3 Å². The van der Waals surface area contributed by atoms with Gasteiger partial charge >= 0.3 is 12.1 Å². The molecular weight excluding hydrogens is 481 g/mol. The molecule has 2 heterocycles. The predicted octanol–water partition coefficient (Wildman–Crippen LogP) is 6.42. The summed E-state index contributed by atoms with van der Waals surface area (Å²) in [5.74, 6) is 2.11. The molecule has 0 radical (unpaired) electrons. The number of carboxylic acid groups (broad SMARTS) is 1. The number of hydrogen-bond acceptors (Lipinski definition) is 5. The monoisotopic (exact) mass is 516 g/mol. The van der Waals surface area contributed by atoms with E-state index in [2.05, 4.69) is 50.0 Å². The molecule has 7 rings (SSSR count). The van der Waals surface area contributed by atoms with E-state index in [1.165, 1.54) is 66.6 Å². The number of rotatable bonds is 3. The minimum atomic E-state index is -5.08. The van der Waals surface area contributed by atoms with E-state index >= 15 is 0 Å². The number of fused-ring (bicyclic) bond motifs is 1. The molecule has 0 saturated heterocycles. The Hall–Kier alpha value is -2.84. The molecule has 0 spiro atoms. The van der Waals surface area contributed by atoms with Crippen molar-refractivity contribution in [3.63, 3.8) is 0 Å². The summed E-state index contributed by atoms with van der Waals surface area (Å²) in [4.78, 5) is 21.7. The summed E-state index contributed by atoms with van der Waals surface area (Å²) in [6.07, 6.45) is 4.65. The Labute approximate surface area is 215 Å². The van der Waals surface area contributed by atoms with E-state index in [-0.39, 0.29) is 0 Å². The average Bonchev–Trinajstić information content (AvgIpc) is 3.20. The average molecular weight is 517 g/mol. The zero-order valence-corrected chi connectivity index (χ0v) is 21.9. The number of carboxylic acids is 1. The Morgan fingerprint density at radius 2 is 1.51 bits per heavy atom. The van der Waals surface area contributed by atoms with E-state index in [0.29, 0.717) is 5.54 Å². The predicted molar refractivity (Wildman–Crippen MR) is 136 cm³/mol. The second-order valence-corrected chi connectivity index (χ2v) is 11.7. The lowest BCUT2D eigenvalue weighted by Gasteiger charge is -2.60. The van der Waals surface area contributed by atoms with Crippen molar-refractivity contribution in [2.24, 2.45) is 17.8 Å². The van der Waals surface area contributed by atoms with Crippen molar-refractivity contribution < 1.29 is 23.1 Å². The van der Waals surface area contributed by atoms with Gasteiger partial charge in [-0.3, -0.25) is 0 Å². The SMILES string of the molecule is Cc1cc(C)c(Nc2nc(C)c3c(n2)N(C24CC5CC(CC(C5)C2)C4)CC3)c(C)c1.O=C(O)C(F)(F)F. The van der Waals surface area contributed by atoms with E-state index in [1.807, 2.05) is 0 Å². The van der Waals surface area contributed by atoms with Gasteiger partial charge in [-0.15, -0.1) is 0 Å². The van der Waals surface area contributed by atoms with Crippen molar-refractivity contribution in [1.82, 2.24) is 9.97 Å². The molecule has 4 saturated carbocycles. The van der Waals surface area contributed by atoms with Gasteiger partial charge in [-0.2, -0.15) is 18.2 Å². The number of carbonyl (C=O) groups is 1. The Morgan fingerprint density at radius 3 is 2.00 bits per heavy atom. The van der Waals surface area contributed by atoms with Gasteiger partial charge in [0.25, 0.3) is 0 Å². The Kier molecular flexibility index (Phi) is 6.39. The van der Waals surface area contributed by atoms with Crippen molar-refractivity contribution in [1.29, 1.82) is 0 Å². The highest BCUT2D eigenvalue weighted by atomic mass is 19.4. The molecule has 2 N–H and O–H groups in total. The van der Waals surface area contributed by atoms with E-state index in [4.69, 9.17) is 19.9 Å². The van der Waals surface area contributed by atoms with Crippen LogP contribution in [0.1, 0.15) is 66.5 Å². The summed E-state index contributed by atoms with van der Waals surface area (Å²) in [7, 11) is 0. The van der Waals surface area contributed by atoms with Gasteiger partial charge in [0.1, 0.15) is 5.82 Å². The molecule has 4 fully saturated rings. The van der Waals surface area contributed by atoms with Crippen LogP contribution in [-0.4, -0.2) is 39.3 Å². The number of anilines is 3. The van der Waals surface area contributed by atoms with Crippen LogP contribution in [0.25, 0.3) is 0 Å². The Balaban J connectivity index is 0.000000355. The molecule has 6 nitrogen and oxygen atoms in total. The number of nitrogens with one attached hydrogen (secondary N) is 1. The maximum atomic E-state index is 10.6. The van der Waals surface area contributed by atoms with Crippen LogP contribution in [0.2, 0.25) is 0 Å². The third-order valence-electron chi connectivity index (χ3n) is 8.77. The molecule has 1 aromatic carbocycles. The van der Waals surface area contributed by atoms with Crippen LogP contribution in [-0.2, 0) is 11.2 Å². The molecule has 4 aliphatic carbocycles. The first-order chi connectivity index (χ1) is 17.3. The van der Waals surface area contributed by atoms with Crippen molar-refractivity contribution in [3.05, 3.63) is 40.1 Å². The van der Waals surface area contributed by atoms with Crippen LogP contribution in [0.3, 0.4) is 0 Å². The number of aryl methyl sites for hydroxylation is 4. The topological polar surface area (TPSA) is 78.4 Å². The lowest BCUT2D eigenvalue weighted by molar-refractivity contribution is -0.192. The quantitative estimate of drug-likeness (QED) is 0.490. The van der Waals surface area contributed by atoms with Gasteiger partial charge in [0.15, 0.2) is 0 Å². The van der Waals surface area contributed by atoms with Gasteiger partial charge in [0.2, 0.25) is 5.95 Å². The van der Waals surface area contributed by atoms with Gasteiger partial charge in [0.05, 0.1) is 0 Å². The molecule has 200 valence electrons. The lowest BCUT2D eigenvalue weighted by Crippen LogP contribution is -2.60. The number of alkyl halides is 3. The summed E-state index contributed by atoms with van der Waals surface area (Å²) in [6.45, 7) is 9.80. The minimum Gasteiger partial charge on any atom is -0.475 e. The zero-order chi connectivity index (χ0) is 26.7. The Morgan fingerprint density at radius 1 is 1.00 bits per heavy atom. The molecule has 5 aliphatic rings. The normalized spacial score (nSPS) is 27.5. The number of hydrogen-bond donors (Lipinski definition) is 2. The molecule has 0 atom stereocenters. The second kappa shape index (κ2) is 9.17. The fourth-order valence-corrected chi connectivity index (χ4v) is 7.83. The van der Waals surface area contributed by atoms with E-state index < -0.39 is 12.1 Å². The second-order valence-electron chi connectivity index (χ2n) is 11.7. The largest absolute Gasteiger partial charge is 0.490 e. The van der Waals surface area contributed by atoms with Crippen LogP contribution < -0.4 is 10.2 Å². The molecule has 0 unspecified atom stereocenters. The summed E-state index contributed by atoms with van der Waals surface area (Å²) < 4.78 is 31.7. The van der Waals surface area contributed by atoms with Crippen molar-refractivity contribution in [2.45, 2.75) is 84.4 Å². The maximum Gasteiger partial charge on any atom is 0.490 e. The first-order valence-corrected chi connectivity index (χ1v) is 13.1. The van der Waals surface area contributed by atoms with Crippen molar-refractivity contribution in [2.75, 3.05) is 16.8 Å². The summed E-state index contributed by atoms with van der Waals surface area (Å²) in [6, 6.07) is 4.47. The fraction of sp³-hybridized carbons (Fsp3) is 0.607. The standard InChI is InChI=1S/C26H34N4.C2HF3O2/c1-15-7-16(2)23(17(3)8-15)28-25-27-18(4)22-5-6-30(24(22)29-25)26-12-19-9-20(13-26)11-21(10-19)14-26;3-2(4,5)1(6)7/h7-8,19-21H,5-6,9-14H2,1-4H3,(H,27,28,29);(H,6,7). The first-order valence-electron chi connectivity index (χ1n) is 13.1. The summed E-state index contributed by atoms with van der Waals surface area (Å²) in [5.41, 5.74) is 7.87. The number of benzene rings is 1. The van der Waals surface area contributed by atoms with Gasteiger partial charge in [0, 0.05) is 29.0 Å². The summed E-state index contributed by atoms with van der Waals surface area (Å²) >= 11 is 0. The highest BCUT2D eigenvalue weighted by Gasteiger charge is 2.55. The van der Waals surface area contributed by atoms with E-state index in [9.17, 15) is 13.2 Å². The summed E-state index contributed by atoms with van der Waals surface area (Å²) in [5, 5.41) is 10.7. The molecular formula is C28H35F3N4O2. The maximum absolute atomic E-state index is 10.6. The molecule has 1 aromatic heterocycles. The van der Waals surface area contributed by atoms with Gasteiger partial charge in [-0.1, -0.05) is 17.7 Å². The minimum absolute atomic E-state index is 0.369. The van der Waals surface area contributed by atoms with Crippen LogP contribution in [0.4, 0.5) is 30.6 Å². The first kappa shape index (κ1) is 25.8. The van der Waals surface area contributed by atoms with Crippen LogP contribution in [0, 0.1) is 45.4 Å². The molecule has 4 bridgehead atoms. The highest BCUT2D eigenvalue weighted by molar-refractivity contribution is 5.73. The zero-order valence-electron chi connectivity index (χ0n) is 21.9. The molecule has 2 aromatic rings. The molecule has 0 amide bonds. The van der Waals surface area contributed by atoms with Gasteiger partial charge in [-0.25, -0.2) is 9.78 Å². The number of aromatic nitrogens is 2. The van der Waals surface area contributed by atoms with Crippen molar-refractivity contribution >= 4 is 23.4 Å². The van der Waals surface area contributed by atoms with Crippen molar-refractivity contribution in [3.8, 4) is 0 Å². The molecule has 1 aliphatic heterocycles. The lowest BCUT2D eigenvalue weighted by atomic mass is 9.52. The van der Waals surface area contributed by atoms with Crippen LogP contribution in [0.5, 0.6) is 0 Å². The smallest absolute Gasteiger partial charge is 0.475 e. The molecule has 37 heavy (non-hydrogen) atoms. The number of halogens is 3. The van der Waals surface area contributed by atoms with E-state index in [1.54, 1.807) is 0 Å². The highest BCUT2D eigenvalue weighted by Crippen LogP contribution is 2.59. The third-order valence-corrected chi connectivity index (χ3v) is 8.77. The van der Waals surface area contributed by atoms with Crippen LogP contribution >= 0.6 is 0 Å².